The minimum absolute atomic E-state index is 0.0660. The molecule has 0 unspecified atom stereocenters. The predicted molar refractivity (Wildman–Crippen MR) is 102 cm³/mol. The first-order valence-corrected chi connectivity index (χ1v) is 10.2. The Bertz CT molecular complexity index is 962. The maximum Gasteiger partial charge on any atom is 0.287 e. The molecule has 2 N–H and O–H groups in total. The third-order valence-corrected chi connectivity index (χ3v) is 6.03. The Kier molecular flexibility index (Phi) is 5.96. The van der Waals surface area contributed by atoms with E-state index in [1.165, 1.54) is 16.4 Å². The topological polar surface area (TPSA) is 109 Å². The molecule has 0 radical (unpaired) electrons. The molecular formula is C19H21N3O5S. The van der Waals surface area contributed by atoms with Gasteiger partial charge in [0.05, 0.1) is 6.04 Å². The van der Waals surface area contributed by atoms with Gasteiger partial charge in [-0.3, -0.25) is 9.59 Å². The summed E-state index contributed by atoms with van der Waals surface area (Å²) in [6.07, 6.45) is 1.79. The number of carbonyl (C=O) groups excluding carboxylic acids is 2. The summed E-state index contributed by atoms with van der Waals surface area (Å²) in [4.78, 5) is 23.4. The summed E-state index contributed by atoms with van der Waals surface area (Å²) >= 11 is 0. The minimum Gasteiger partial charge on any atom is -0.438 e. The van der Waals surface area contributed by atoms with Crippen molar-refractivity contribution in [3.8, 4) is 0 Å². The molecule has 2 amide bonds. The summed E-state index contributed by atoms with van der Waals surface area (Å²) in [6.45, 7) is 4.03. The fourth-order valence-corrected chi connectivity index (χ4v) is 4.19. The molecule has 2 aromatic rings. The van der Waals surface area contributed by atoms with E-state index in [9.17, 15) is 18.0 Å². The Morgan fingerprint density at radius 3 is 2.57 bits per heavy atom. The van der Waals surface area contributed by atoms with E-state index < -0.39 is 15.9 Å². The standard InChI is InChI=1S/C19H21N3O5S/c1-2-17(23)21-15-12-22(13-15)28(25,26)18-9-8-16(27-18)19(24)20-11-10-14-6-4-3-5-7-14/h2-9,15H,1,10-13H2,(H,20,24)(H,21,23). The van der Waals surface area contributed by atoms with E-state index in [0.717, 1.165) is 11.6 Å². The average Bonchev–Trinajstić information content (AvgIpc) is 3.16. The molecule has 1 aromatic carbocycles. The van der Waals surface area contributed by atoms with Gasteiger partial charge in [-0.2, -0.15) is 4.31 Å². The van der Waals surface area contributed by atoms with E-state index in [-0.39, 0.29) is 35.9 Å². The van der Waals surface area contributed by atoms with Gasteiger partial charge in [0.2, 0.25) is 11.0 Å². The Labute approximate surface area is 163 Å². The van der Waals surface area contributed by atoms with Gasteiger partial charge in [0.25, 0.3) is 15.9 Å². The Hall–Kier alpha value is -2.91. The molecule has 1 fully saturated rings. The number of rotatable bonds is 8. The zero-order valence-electron chi connectivity index (χ0n) is 15.1. The van der Waals surface area contributed by atoms with Crippen LogP contribution in [-0.2, 0) is 21.2 Å². The Balaban J connectivity index is 1.53. The molecule has 0 bridgehead atoms. The van der Waals surface area contributed by atoms with E-state index >= 15 is 0 Å². The van der Waals surface area contributed by atoms with Crippen molar-refractivity contribution in [3.63, 3.8) is 0 Å². The van der Waals surface area contributed by atoms with Gasteiger partial charge in [0, 0.05) is 19.6 Å². The highest BCUT2D eigenvalue weighted by atomic mass is 32.2. The maximum absolute atomic E-state index is 12.5. The minimum atomic E-state index is -3.84. The number of hydrogen-bond donors (Lipinski definition) is 2. The van der Waals surface area contributed by atoms with Gasteiger partial charge in [-0.1, -0.05) is 36.9 Å². The number of furan rings is 1. The van der Waals surface area contributed by atoms with Crippen LogP contribution in [0.4, 0.5) is 0 Å². The molecule has 8 nitrogen and oxygen atoms in total. The van der Waals surface area contributed by atoms with Crippen molar-refractivity contribution >= 4 is 21.8 Å². The number of benzene rings is 1. The summed E-state index contributed by atoms with van der Waals surface area (Å²) in [7, 11) is -3.84. The quantitative estimate of drug-likeness (QED) is 0.638. The highest BCUT2D eigenvalue weighted by Gasteiger charge is 2.39. The number of nitrogens with zero attached hydrogens (tertiary/aromatic N) is 1. The number of amides is 2. The molecule has 148 valence electrons. The molecule has 1 saturated heterocycles. The van der Waals surface area contributed by atoms with Gasteiger partial charge in [0.1, 0.15) is 0 Å². The van der Waals surface area contributed by atoms with Crippen LogP contribution in [0.3, 0.4) is 0 Å². The van der Waals surface area contributed by atoms with Crippen molar-refractivity contribution in [3.05, 3.63) is 66.4 Å². The van der Waals surface area contributed by atoms with Crippen LogP contribution in [0, 0.1) is 0 Å². The first-order valence-electron chi connectivity index (χ1n) is 8.75. The molecular weight excluding hydrogens is 382 g/mol. The van der Waals surface area contributed by atoms with Crippen LogP contribution in [0.5, 0.6) is 0 Å². The lowest BCUT2D eigenvalue weighted by Gasteiger charge is -2.37. The van der Waals surface area contributed by atoms with Crippen LogP contribution >= 0.6 is 0 Å². The molecule has 1 aromatic heterocycles. The highest BCUT2D eigenvalue weighted by molar-refractivity contribution is 7.89. The van der Waals surface area contributed by atoms with Crippen LogP contribution in [0.25, 0.3) is 0 Å². The molecule has 3 rings (SSSR count). The Morgan fingerprint density at radius 1 is 1.18 bits per heavy atom. The largest absolute Gasteiger partial charge is 0.438 e. The first kappa shape index (κ1) is 19.8. The van der Waals surface area contributed by atoms with Crippen LogP contribution in [0.2, 0.25) is 0 Å². The molecule has 0 saturated carbocycles. The van der Waals surface area contributed by atoms with Crippen LogP contribution in [-0.4, -0.2) is 50.2 Å². The summed E-state index contributed by atoms with van der Waals surface area (Å²) in [5, 5.41) is 5.03. The fourth-order valence-electron chi connectivity index (χ4n) is 2.75. The second-order valence-corrected chi connectivity index (χ2v) is 8.21. The van der Waals surface area contributed by atoms with Gasteiger partial charge >= 0.3 is 0 Å². The third-order valence-electron chi connectivity index (χ3n) is 4.32. The third kappa shape index (κ3) is 4.49. The number of hydrogen-bond acceptors (Lipinski definition) is 5. The second kappa shape index (κ2) is 8.41. The van der Waals surface area contributed by atoms with Crippen LogP contribution < -0.4 is 10.6 Å². The lowest BCUT2D eigenvalue weighted by atomic mass is 10.1. The molecule has 1 aliphatic heterocycles. The Morgan fingerprint density at radius 2 is 1.89 bits per heavy atom. The monoisotopic (exact) mass is 403 g/mol. The fraction of sp³-hybridized carbons (Fsp3) is 0.263. The van der Waals surface area contributed by atoms with Crippen molar-refractivity contribution in [2.75, 3.05) is 19.6 Å². The zero-order valence-corrected chi connectivity index (χ0v) is 15.9. The van der Waals surface area contributed by atoms with Crippen molar-refractivity contribution in [1.29, 1.82) is 0 Å². The normalized spacial score (nSPS) is 14.9. The lowest BCUT2D eigenvalue weighted by molar-refractivity contribution is -0.117. The van der Waals surface area contributed by atoms with Crippen molar-refractivity contribution in [2.24, 2.45) is 0 Å². The van der Waals surface area contributed by atoms with Crippen molar-refractivity contribution in [2.45, 2.75) is 17.6 Å². The van der Waals surface area contributed by atoms with E-state index in [1.807, 2.05) is 30.3 Å². The van der Waals surface area contributed by atoms with E-state index in [4.69, 9.17) is 4.42 Å². The highest BCUT2D eigenvalue weighted by Crippen LogP contribution is 2.23. The van der Waals surface area contributed by atoms with E-state index in [2.05, 4.69) is 17.2 Å². The summed E-state index contributed by atoms with van der Waals surface area (Å²) in [5.41, 5.74) is 1.08. The average molecular weight is 403 g/mol. The second-order valence-electron chi connectivity index (χ2n) is 6.34. The molecule has 0 aliphatic carbocycles. The van der Waals surface area contributed by atoms with Crippen LogP contribution in [0.15, 0.2) is 64.6 Å². The number of carbonyl (C=O) groups is 2. The van der Waals surface area contributed by atoms with Crippen molar-refractivity contribution in [1.82, 2.24) is 14.9 Å². The number of nitrogens with one attached hydrogen (secondary N) is 2. The smallest absolute Gasteiger partial charge is 0.287 e. The zero-order chi connectivity index (χ0) is 20.1. The van der Waals surface area contributed by atoms with Gasteiger partial charge in [-0.05, 0) is 30.2 Å². The summed E-state index contributed by atoms with van der Waals surface area (Å²) < 4.78 is 31.5. The summed E-state index contributed by atoms with van der Waals surface area (Å²) in [5.74, 6) is -0.893. The summed E-state index contributed by atoms with van der Waals surface area (Å²) in [6, 6.07) is 12.0. The van der Waals surface area contributed by atoms with Gasteiger partial charge in [-0.25, -0.2) is 8.42 Å². The molecule has 0 spiro atoms. The van der Waals surface area contributed by atoms with Gasteiger partial charge < -0.3 is 15.1 Å². The molecule has 9 heteroatoms. The molecule has 28 heavy (non-hydrogen) atoms. The van der Waals surface area contributed by atoms with Gasteiger partial charge in [-0.15, -0.1) is 0 Å². The van der Waals surface area contributed by atoms with Gasteiger partial charge in [0.15, 0.2) is 5.76 Å². The number of sulfonamides is 1. The molecule has 1 aliphatic rings. The van der Waals surface area contributed by atoms with Crippen molar-refractivity contribution < 1.29 is 22.4 Å². The molecule has 2 heterocycles. The molecule has 0 atom stereocenters. The first-order chi connectivity index (χ1) is 13.4. The maximum atomic E-state index is 12.5. The van der Waals surface area contributed by atoms with E-state index in [0.29, 0.717) is 13.0 Å². The predicted octanol–water partition coefficient (Wildman–Crippen LogP) is 0.927. The lowest BCUT2D eigenvalue weighted by Crippen LogP contribution is -2.60. The SMILES string of the molecule is C=CC(=O)NC1CN(S(=O)(=O)c2ccc(C(=O)NCCc3ccccc3)o2)C1. The van der Waals surface area contributed by atoms with Crippen LogP contribution in [0.1, 0.15) is 16.1 Å². The van der Waals surface area contributed by atoms with E-state index in [1.54, 1.807) is 0 Å².